The molecule has 0 aliphatic rings. The van der Waals surface area contributed by atoms with Crippen molar-refractivity contribution in [1.82, 2.24) is 15.0 Å². The van der Waals surface area contributed by atoms with E-state index >= 15 is 0 Å². The molecule has 7 nitrogen and oxygen atoms in total. The molecule has 0 saturated carbocycles. The molecule has 2 aromatic heterocycles. The quantitative estimate of drug-likeness (QED) is 0.553. The van der Waals surface area contributed by atoms with Crippen LogP contribution in [-0.4, -0.2) is 28.0 Å². The van der Waals surface area contributed by atoms with Gasteiger partial charge in [0.05, 0.1) is 10.9 Å². The Morgan fingerprint density at radius 3 is 2.50 bits per heavy atom. The molecule has 0 bridgehead atoms. The summed E-state index contributed by atoms with van der Waals surface area (Å²) in [5, 5.41) is 16.2. The number of fused-ring (bicyclic) bond motifs is 1. The van der Waals surface area contributed by atoms with Gasteiger partial charge in [0.25, 0.3) is 0 Å². The van der Waals surface area contributed by atoms with Crippen molar-refractivity contribution in [2.75, 3.05) is 23.7 Å². The van der Waals surface area contributed by atoms with Crippen molar-refractivity contribution < 1.29 is 4.74 Å². The molecule has 0 amide bonds. The van der Waals surface area contributed by atoms with E-state index in [1.165, 1.54) is 0 Å². The first kappa shape index (κ1) is 18.9. The third kappa shape index (κ3) is 4.43. The first-order valence-corrected chi connectivity index (χ1v) is 8.74. The van der Waals surface area contributed by atoms with E-state index in [1.54, 1.807) is 18.2 Å². The van der Waals surface area contributed by atoms with Gasteiger partial charge in [-0.3, -0.25) is 0 Å². The van der Waals surface area contributed by atoms with Crippen molar-refractivity contribution in [1.29, 1.82) is 5.26 Å². The molecule has 140 valence electrons. The summed E-state index contributed by atoms with van der Waals surface area (Å²) in [6.45, 7) is 8.68. The molecular formula is C21H20N6O. The standard InChI is InChI=1S/C21H20N6O/c1-3-10-23-18-16(13-22)12-17-19(25-18)26-21(24-11-4-2)27-20(17)28-14-15-8-6-5-7-9-15/h3-9,12H,1-2,10-11,14H2,(H2,23,24,25,26,27). The average molecular weight is 372 g/mol. The molecule has 0 saturated heterocycles. The summed E-state index contributed by atoms with van der Waals surface area (Å²) in [4.78, 5) is 13.4. The van der Waals surface area contributed by atoms with Crippen molar-refractivity contribution in [3.8, 4) is 11.9 Å². The van der Waals surface area contributed by atoms with Crippen LogP contribution in [0.15, 0.2) is 61.7 Å². The molecule has 0 atom stereocenters. The Hall–Kier alpha value is -3.92. The van der Waals surface area contributed by atoms with E-state index in [9.17, 15) is 5.26 Å². The molecule has 0 aliphatic heterocycles. The second kappa shape index (κ2) is 9.14. The van der Waals surface area contributed by atoms with Gasteiger partial charge in [0.2, 0.25) is 11.8 Å². The lowest BCUT2D eigenvalue weighted by molar-refractivity contribution is 0.298. The van der Waals surface area contributed by atoms with Crippen LogP contribution in [0.1, 0.15) is 11.1 Å². The average Bonchev–Trinajstić information content (AvgIpc) is 2.74. The number of aromatic nitrogens is 3. The molecule has 0 radical (unpaired) electrons. The molecule has 0 spiro atoms. The Balaban J connectivity index is 2.03. The fourth-order valence-electron chi connectivity index (χ4n) is 2.50. The van der Waals surface area contributed by atoms with Gasteiger partial charge in [0.1, 0.15) is 18.5 Å². The zero-order valence-corrected chi connectivity index (χ0v) is 15.4. The summed E-state index contributed by atoms with van der Waals surface area (Å²) in [5.74, 6) is 1.18. The molecule has 2 heterocycles. The van der Waals surface area contributed by atoms with Crippen LogP contribution >= 0.6 is 0 Å². The van der Waals surface area contributed by atoms with E-state index in [0.717, 1.165) is 5.56 Å². The highest BCUT2D eigenvalue weighted by Gasteiger charge is 2.15. The summed E-state index contributed by atoms with van der Waals surface area (Å²) in [6.07, 6.45) is 3.40. The van der Waals surface area contributed by atoms with E-state index in [4.69, 9.17) is 4.74 Å². The van der Waals surface area contributed by atoms with Gasteiger partial charge < -0.3 is 15.4 Å². The summed E-state index contributed by atoms with van der Waals surface area (Å²) >= 11 is 0. The fourth-order valence-corrected chi connectivity index (χ4v) is 2.50. The number of rotatable bonds is 9. The lowest BCUT2D eigenvalue weighted by Crippen LogP contribution is -2.08. The molecule has 7 heteroatoms. The zero-order valence-electron chi connectivity index (χ0n) is 15.4. The summed E-state index contributed by atoms with van der Waals surface area (Å²) in [6, 6.07) is 13.6. The third-order valence-corrected chi connectivity index (χ3v) is 3.81. The molecule has 0 aliphatic carbocycles. The van der Waals surface area contributed by atoms with Gasteiger partial charge in [-0.05, 0) is 11.6 Å². The van der Waals surface area contributed by atoms with E-state index in [0.29, 0.717) is 53.9 Å². The molecule has 0 unspecified atom stereocenters. The smallest absolute Gasteiger partial charge is 0.228 e. The minimum atomic E-state index is 0.339. The van der Waals surface area contributed by atoms with E-state index in [1.807, 2.05) is 30.3 Å². The van der Waals surface area contributed by atoms with Crippen LogP contribution in [-0.2, 0) is 6.61 Å². The second-order valence-electron chi connectivity index (χ2n) is 5.83. The van der Waals surface area contributed by atoms with Gasteiger partial charge in [-0.2, -0.15) is 15.2 Å². The third-order valence-electron chi connectivity index (χ3n) is 3.81. The van der Waals surface area contributed by atoms with Crippen molar-refractivity contribution in [3.05, 3.63) is 72.8 Å². The van der Waals surface area contributed by atoms with Crippen LogP contribution < -0.4 is 15.4 Å². The number of benzene rings is 1. The molecule has 28 heavy (non-hydrogen) atoms. The maximum atomic E-state index is 9.49. The van der Waals surface area contributed by atoms with Crippen LogP contribution in [0.25, 0.3) is 11.0 Å². The topological polar surface area (TPSA) is 95.8 Å². The SMILES string of the molecule is C=CCNc1nc(OCc2ccccc2)c2cc(C#N)c(NCC=C)nc2n1. The van der Waals surface area contributed by atoms with E-state index in [2.05, 4.69) is 44.8 Å². The van der Waals surface area contributed by atoms with E-state index in [-0.39, 0.29) is 0 Å². The molecule has 0 fully saturated rings. The summed E-state index contributed by atoms with van der Waals surface area (Å²) < 4.78 is 5.94. The van der Waals surface area contributed by atoms with Crippen molar-refractivity contribution >= 4 is 22.8 Å². The normalized spacial score (nSPS) is 10.1. The number of nitrogens with one attached hydrogen (secondary N) is 2. The molecule has 1 aromatic carbocycles. The van der Waals surface area contributed by atoms with Gasteiger partial charge >= 0.3 is 0 Å². The van der Waals surface area contributed by atoms with Gasteiger partial charge in [-0.1, -0.05) is 42.5 Å². The number of pyridine rings is 1. The highest BCUT2D eigenvalue weighted by Crippen LogP contribution is 2.27. The molecule has 3 rings (SSSR count). The maximum absolute atomic E-state index is 9.49. The lowest BCUT2D eigenvalue weighted by Gasteiger charge is -2.12. The first-order valence-electron chi connectivity index (χ1n) is 8.74. The molecular weight excluding hydrogens is 352 g/mol. The predicted octanol–water partition coefficient (Wildman–Crippen LogP) is 3.67. The minimum absolute atomic E-state index is 0.339. The highest BCUT2D eigenvalue weighted by molar-refractivity contribution is 5.85. The van der Waals surface area contributed by atoms with Gasteiger partial charge in [-0.25, -0.2) is 4.98 Å². The Morgan fingerprint density at radius 1 is 1.04 bits per heavy atom. The Labute approximate surface area is 163 Å². The van der Waals surface area contributed by atoms with E-state index < -0.39 is 0 Å². The van der Waals surface area contributed by atoms with Crippen LogP contribution in [0.5, 0.6) is 5.88 Å². The maximum Gasteiger partial charge on any atom is 0.228 e. The van der Waals surface area contributed by atoms with Gasteiger partial charge in [-0.15, -0.1) is 13.2 Å². The molecule has 3 aromatic rings. The largest absolute Gasteiger partial charge is 0.472 e. The highest BCUT2D eigenvalue weighted by atomic mass is 16.5. The van der Waals surface area contributed by atoms with Crippen molar-refractivity contribution in [3.63, 3.8) is 0 Å². The number of ether oxygens (including phenoxy) is 1. The Bertz CT molecular complexity index is 1030. The van der Waals surface area contributed by atoms with Crippen LogP contribution in [0.3, 0.4) is 0 Å². The van der Waals surface area contributed by atoms with Crippen LogP contribution in [0.2, 0.25) is 0 Å². The zero-order chi connectivity index (χ0) is 19.8. The Morgan fingerprint density at radius 2 is 1.79 bits per heavy atom. The van der Waals surface area contributed by atoms with Crippen LogP contribution in [0.4, 0.5) is 11.8 Å². The number of nitriles is 1. The second-order valence-corrected chi connectivity index (χ2v) is 5.83. The summed E-state index contributed by atoms with van der Waals surface area (Å²) in [7, 11) is 0. The minimum Gasteiger partial charge on any atom is -0.472 e. The number of anilines is 2. The predicted molar refractivity (Wildman–Crippen MR) is 110 cm³/mol. The number of hydrogen-bond acceptors (Lipinski definition) is 7. The van der Waals surface area contributed by atoms with Gasteiger partial charge in [0, 0.05) is 13.1 Å². The van der Waals surface area contributed by atoms with Gasteiger partial charge in [0.15, 0.2) is 5.65 Å². The fraction of sp³-hybridized carbons (Fsp3) is 0.143. The number of nitrogens with zero attached hydrogens (tertiary/aromatic N) is 4. The lowest BCUT2D eigenvalue weighted by atomic mass is 10.2. The van der Waals surface area contributed by atoms with Crippen molar-refractivity contribution in [2.45, 2.75) is 6.61 Å². The van der Waals surface area contributed by atoms with Crippen LogP contribution in [0, 0.1) is 11.3 Å². The summed E-state index contributed by atoms with van der Waals surface area (Å²) in [5.41, 5.74) is 1.82. The molecule has 2 N–H and O–H groups in total. The first-order chi connectivity index (χ1) is 13.7. The monoisotopic (exact) mass is 372 g/mol. The Kier molecular flexibility index (Phi) is 6.16. The van der Waals surface area contributed by atoms with Crippen molar-refractivity contribution in [2.24, 2.45) is 0 Å². The number of hydrogen-bond donors (Lipinski definition) is 2.